The number of pyridine rings is 1. The Morgan fingerprint density at radius 1 is 1.32 bits per heavy atom. The van der Waals surface area contributed by atoms with E-state index in [-0.39, 0.29) is 12.2 Å². The van der Waals surface area contributed by atoms with E-state index in [0.29, 0.717) is 24.3 Å². The van der Waals surface area contributed by atoms with E-state index in [1.54, 1.807) is 12.4 Å². The van der Waals surface area contributed by atoms with Gasteiger partial charge in [0.05, 0.1) is 18.4 Å². The number of benzene rings is 1. The van der Waals surface area contributed by atoms with Crippen LogP contribution in [0.3, 0.4) is 0 Å². The lowest BCUT2D eigenvalue weighted by atomic mass is 10.2. The largest absolute Gasteiger partial charge is 0.376 e. The summed E-state index contributed by atoms with van der Waals surface area (Å²) in [6, 6.07) is 5.73. The van der Waals surface area contributed by atoms with Crippen LogP contribution in [0.4, 0.5) is 25.0 Å². The van der Waals surface area contributed by atoms with E-state index in [1.807, 2.05) is 25.1 Å². The van der Waals surface area contributed by atoms with E-state index in [4.69, 9.17) is 0 Å². The second-order valence-electron chi connectivity index (χ2n) is 7.00. The number of carbonyl (C=O) groups excluding carboxylic acids is 1. The van der Waals surface area contributed by atoms with Crippen LogP contribution in [0, 0.1) is 5.82 Å². The summed E-state index contributed by atoms with van der Waals surface area (Å²) < 4.78 is 29.1. The summed E-state index contributed by atoms with van der Waals surface area (Å²) in [5.41, 5.74) is 1.99. The quantitative estimate of drug-likeness (QED) is 0.751. The molecule has 0 radical (unpaired) electrons. The van der Waals surface area contributed by atoms with E-state index in [0.717, 1.165) is 11.1 Å². The van der Waals surface area contributed by atoms with Crippen LogP contribution in [0.1, 0.15) is 6.42 Å². The molecule has 1 aliphatic rings. The van der Waals surface area contributed by atoms with E-state index in [1.165, 1.54) is 27.8 Å². The fourth-order valence-corrected chi connectivity index (χ4v) is 3.14. The molecule has 4 rings (SSSR count). The molecule has 3 aromatic rings. The van der Waals surface area contributed by atoms with Gasteiger partial charge in [0.1, 0.15) is 17.7 Å². The minimum Gasteiger partial charge on any atom is -0.376 e. The maximum Gasteiger partial charge on any atom is 0.321 e. The molecule has 9 heteroatoms. The standard InChI is InChI=1S/C19H20F2N6O/c1-25(2)15-7-12-10-27(24-18(12)22-9-15)17-8-14(3-4-16(17)21)23-19(28)26-6-5-13(20)11-26/h3-4,7-10,13H,5-6,11H2,1-2H3,(H,23,28)/t13-/m1/s1. The zero-order chi connectivity index (χ0) is 19.8. The van der Waals surface area contributed by atoms with Crippen molar-refractivity contribution in [3.05, 3.63) is 42.5 Å². The van der Waals surface area contributed by atoms with Gasteiger partial charge in [0.25, 0.3) is 0 Å². The highest BCUT2D eigenvalue weighted by Crippen LogP contribution is 2.23. The number of amides is 2. The first-order valence-corrected chi connectivity index (χ1v) is 8.93. The molecule has 2 amide bonds. The molecule has 0 unspecified atom stereocenters. The Kier molecular flexibility index (Phi) is 4.58. The summed E-state index contributed by atoms with van der Waals surface area (Å²) in [5, 5.41) is 7.79. The molecule has 1 atom stereocenters. The van der Waals surface area contributed by atoms with Gasteiger partial charge in [-0.1, -0.05) is 0 Å². The van der Waals surface area contributed by atoms with Crippen molar-refractivity contribution >= 4 is 28.4 Å². The lowest BCUT2D eigenvalue weighted by Crippen LogP contribution is -2.33. The molecular weight excluding hydrogens is 366 g/mol. The molecular formula is C19H20F2N6O. The Hall–Kier alpha value is -3.23. The Morgan fingerprint density at radius 2 is 2.14 bits per heavy atom. The number of halogens is 2. The van der Waals surface area contributed by atoms with Gasteiger partial charge >= 0.3 is 6.03 Å². The van der Waals surface area contributed by atoms with Crippen molar-refractivity contribution in [3.63, 3.8) is 0 Å². The Morgan fingerprint density at radius 3 is 2.86 bits per heavy atom. The number of alkyl halides is 1. The summed E-state index contributed by atoms with van der Waals surface area (Å²) in [7, 11) is 3.81. The van der Waals surface area contributed by atoms with Crippen LogP contribution in [0.25, 0.3) is 16.7 Å². The first-order chi connectivity index (χ1) is 13.4. The van der Waals surface area contributed by atoms with Crippen molar-refractivity contribution in [1.82, 2.24) is 19.7 Å². The van der Waals surface area contributed by atoms with Crippen LogP contribution in [-0.4, -0.2) is 59.1 Å². The van der Waals surface area contributed by atoms with Crippen LogP contribution in [0.15, 0.2) is 36.7 Å². The molecule has 3 heterocycles. The van der Waals surface area contributed by atoms with Crippen molar-refractivity contribution in [1.29, 1.82) is 0 Å². The van der Waals surface area contributed by atoms with Gasteiger partial charge < -0.3 is 15.1 Å². The zero-order valence-corrected chi connectivity index (χ0v) is 15.6. The van der Waals surface area contributed by atoms with Crippen molar-refractivity contribution in [3.8, 4) is 5.69 Å². The van der Waals surface area contributed by atoms with Crippen LogP contribution in [0.5, 0.6) is 0 Å². The van der Waals surface area contributed by atoms with Crippen LogP contribution >= 0.6 is 0 Å². The summed E-state index contributed by atoms with van der Waals surface area (Å²) in [6.45, 7) is 0.440. The number of anilines is 2. The smallest absolute Gasteiger partial charge is 0.321 e. The number of nitrogens with one attached hydrogen (secondary N) is 1. The number of aromatic nitrogens is 3. The number of hydrogen-bond donors (Lipinski definition) is 1. The number of fused-ring (bicyclic) bond motifs is 1. The molecule has 28 heavy (non-hydrogen) atoms. The molecule has 146 valence electrons. The molecule has 1 fully saturated rings. The molecule has 7 nitrogen and oxygen atoms in total. The zero-order valence-electron chi connectivity index (χ0n) is 15.6. The molecule has 1 aromatic carbocycles. The first-order valence-electron chi connectivity index (χ1n) is 8.93. The predicted octanol–water partition coefficient (Wildman–Crippen LogP) is 3.20. The number of urea groups is 1. The third-order valence-corrected chi connectivity index (χ3v) is 4.72. The van der Waals surface area contributed by atoms with Gasteiger partial charge in [-0.15, -0.1) is 5.10 Å². The van der Waals surface area contributed by atoms with Gasteiger partial charge in [-0.05, 0) is 30.7 Å². The molecule has 0 spiro atoms. The van der Waals surface area contributed by atoms with Crippen molar-refractivity contribution < 1.29 is 13.6 Å². The van der Waals surface area contributed by atoms with Gasteiger partial charge in [0, 0.05) is 37.9 Å². The maximum absolute atomic E-state index is 14.4. The lowest BCUT2D eigenvalue weighted by Gasteiger charge is -2.16. The molecule has 1 aliphatic heterocycles. The number of nitrogens with zero attached hydrogens (tertiary/aromatic N) is 5. The SMILES string of the molecule is CN(C)c1cnc2nn(-c3cc(NC(=O)N4CC[C@@H](F)C4)ccc3F)cc2c1. The highest BCUT2D eigenvalue weighted by molar-refractivity contribution is 5.90. The summed E-state index contributed by atoms with van der Waals surface area (Å²) >= 11 is 0. The van der Waals surface area contributed by atoms with Gasteiger partial charge in [0.15, 0.2) is 5.65 Å². The van der Waals surface area contributed by atoms with Gasteiger partial charge in [-0.25, -0.2) is 23.2 Å². The fraction of sp³-hybridized carbons (Fsp3) is 0.316. The highest BCUT2D eigenvalue weighted by Gasteiger charge is 2.26. The minimum absolute atomic E-state index is 0.0737. The van der Waals surface area contributed by atoms with Crippen molar-refractivity contribution in [2.24, 2.45) is 0 Å². The number of rotatable bonds is 3. The number of carbonyl (C=O) groups is 1. The number of likely N-dealkylation sites (tertiary alicyclic amines) is 1. The average molecular weight is 386 g/mol. The molecule has 0 aliphatic carbocycles. The molecule has 0 bridgehead atoms. The first kappa shape index (κ1) is 18.1. The minimum atomic E-state index is -0.995. The van der Waals surface area contributed by atoms with E-state index < -0.39 is 18.0 Å². The Labute approximate surface area is 160 Å². The average Bonchev–Trinajstić information content (AvgIpc) is 3.28. The van der Waals surface area contributed by atoms with Gasteiger partial charge in [-0.3, -0.25) is 0 Å². The fourth-order valence-electron chi connectivity index (χ4n) is 3.14. The van der Waals surface area contributed by atoms with Crippen LogP contribution < -0.4 is 10.2 Å². The molecule has 2 aromatic heterocycles. The van der Waals surface area contributed by atoms with Crippen molar-refractivity contribution in [2.45, 2.75) is 12.6 Å². The molecule has 0 saturated carbocycles. The Bertz CT molecular complexity index is 1030. The summed E-state index contributed by atoms with van der Waals surface area (Å²) in [5.74, 6) is -0.483. The second kappa shape index (κ2) is 7.06. The molecule has 1 N–H and O–H groups in total. The van der Waals surface area contributed by atoms with Crippen LogP contribution in [-0.2, 0) is 0 Å². The predicted molar refractivity (Wildman–Crippen MR) is 103 cm³/mol. The summed E-state index contributed by atoms with van der Waals surface area (Å²) in [4.78, 5) is 19.9. The number of hydrogen-bond acceptors (Lipinski definition) is 4. The topological polar surface area (TPSA) is 66.3 Å². The third kappa shape index (κ3) is 3.47. The van der Waals surface area contributed by atoms with Crippen LogP contribution in [0.2, 0.25) is 0 Å². The monoisotopic (exact) mass is 386 g/mol. The lowest BCUT2D eigenvalue weighted by molar-refractivity contribution is 0.218. The normalized spacial score (nSPS) is 16.6. The molecule has 1 saturated heterocycles. The van der Waals surface area contributed by atoms with E-state index >= 15 is 0 Å². The second-order valence-corrected chi connectivity index (χ2v) is 7.00. The third-order valence-electron chi connectivity index (χ3n) is 4.72. The maximum atomic E-state index is 14.4. The van der Waals surface area contributed by atoms with E-state index in [9.17, 15) is 13.6 Å². The summed E-state index contributed by atoms with van der Waals surface area (Å²) in [6.07, 6.45) is 2.73. The Balaban J connectivity index is 1.62. The van der Waals surface area contributed by atoms with Crippen molar-refractivity contribution in [2.75, 3.05) is 37.4 Å². The van der Waals surface area contributed by atoms with Gasteiger partial charge in [-0.2, -0.15) is 0 Å². The highest BCUT2D eigenvalue weighted by atomic mass is 19.1. The van der Waals surface area contributed by atoms with Gasteiger partial charge in [0.2, 0.25) is 0 Å². The van der Waals surface area contributed by atoms with E-state index in [2.05, 4.69) is 15.4 Å².